The third-order valence-corrected chi connectivity index (χ3v) is 3.66. The average molecular weight is 372 g/mol. The Hall–Kier alpha value is -3.48. The van der Waals surface area contributed by atoms with Crippen LogP contribution in [0, 0.1) is 0 Å². The van der Waals surface area contributed by atoms with Crippen molar-refractivity contribution >= 4 is 18.0 Å². The van der Waals surface area contributed by atoms with Crippen LogP contribution in [0.2, 0.25) is 0 Å². The maximum absolute atomic E-state index is 12.4. The predicted molar refractivity (Wildman–Crippen MR) is 98.5 cm³/mol. The van der Waals surface area contributed by atoms with Crippen molar-refractivity contribution < 1.29 is 33.3 Å². The number of rotatable bonds is 7. The number of benzene rings is 2. The first-order valence-corrected chi connectivity index (χ1v) is 7.91. The van der Waals surface area contributed by atoms with Crippen LogP contribution in [0.4, 0.5) is 0 Å². The van der Waals surface area contributed by atoms with Crippen LogP contribution in [0.25, 0.3) is 6.08 Å². The van der Waals surface area contributed by atoms with Gasteiger partial charge in [0.1, 0.15) is 17.1 Å². The van der Waals surface area contributed by atoms with E-state index in [2.05, 4.69) is 0 Å². The predicted octanol–water partition coefficient (Wildman–Crippen LogP) is 3.12. The summed E-state index contributed by atoms with van der Waals surface area (Å²) in [5.41, 5.74) is 0.624. The smallest absolute Gasteiger partial charge is 0.353 e. The molecule has 0 amide bonds. The molecule has 2 aromatic rings. The highest BCUT2D eigenvalue weighted by molar-refractivity contribution is 6.04. The minimum Gasteiger partial charge on any atom is -0.496 e. The minimum atomic E-state index is -0.878. The summed E-state index contributed by atoms with van der Waals surface area (Å²) in [4.78, 5) is 24.4. The Morgan fingerprint density at radius 2 is 1.33 bits per heavy atom. The summed E-state index contributed by atoms with van der Waals surface area (Å²) in [5.74, 6) is -0.268. The molecule has 0 aliphatic rings. The van der Waals surface area contributed by atoms with Gasteiger partial charge in [0.15, 0.2) is 11.5 Å². The summed E-state index contributed by atoms with van der Waals surface area (Å²) in [7, 11) is 5.81. The van der Waals surface area contributed by atoms with Crippen molar-refractivity contribution in [2.24, 2.45) is 0 Å². The van der Waals surface area contributed by atoms with Gasteiger partial charge in [-0.15, -0.1) is 0 Å². The molecular formula is C20H20O7. The fraction of sp³-hybridized carbons (Fsp3) is 0.200. The van der Waals surface area contributed by atoms with Crippen LogP contribution in [-0.4, -0.2) is 40.4 Å². The molecule has 7 heteroatoms. The van der Waals surface area contributed by atoms with Gasteiger partial charge in [0.2, 0.25) is 0 Å². The Bertz CT molecular complexity index is 833. The molecule has 0 aliphatic heterocycles. The van der Waals surface area contributed by atoms with Crippen molar-refractivity contribution in [3.05, 3.63) is 53.6 Å². The molecule has 0 fully saturated rings. The summed E-state index contributed by atoms with van der Waals surface area (Å²) in [6, 6.07) is 10.0. The number of carbonyl (C=O) groups excluding carboxylic acids is 2. The maximum Gasteiger partial charge on any atom is 0.353 e. The molecule has 0 aliphatic carbocycles. The third-order valence-electron chi connectivity index (χ3n) is 3.66. The molecular weight excluding hydrogens is 352 g/mol. The molecule has 0 saturated carbocycles. The first-order valence-electron chi connectivity index (χ1n) is 7.91. The fourth-order valence-electron chi connectivity index (χ4n) is 2.43. The highest BCUT2D eigenvalue weighted by atomic mass is 16.6. The molecule has 0 heterocycles. The fourth-order valence-corrected chi connectivity index (χ4v) is 2.43. The highest BCUT2D eigenvalue weighted by Crippen LogP contribution is 2.32. The Kier molecular flexibility index (Phi) is 6.82. The quantitative estimate of drug-likeness (QED) is 0.420. The van der Waals surface area contributed by atoms with E-state index in [1.54, 1.807) is 36.4 Å². The van der Waals surface area contributed by atoms with Crippen LogP contribution >= 0.6 is 0 Å². The molecule has 7 nitrogen and oxygen atoms in total. The van der Waals surface area contributed by atoms with Gasteiger partial charge in [0.05, 0.1) is 28.4 Å². The van der Waals surface area contributed by atoms with Gasteiger partial charge in [0.25, 0.3) is 0 Å². The lowest BCUT2D eigenvalue weighted by molar-refractivity contribution is -0.132. The van der Waals surface area contributed by atoms with E-state index in [9.17, 15) is 9.59 Å². The van der Waals surface area contributed by atoms with E-state index in [0.29, 0.717) is 17.1 Å². The Balaban J connectivity index is 2.20. The van der Waals surface area contributed by atoms with Gasteiger partial charge >= 0.3 is 11.9 Å². The van der Waals surface area contributed by atoms with E-state index in [1.807, 2.05) is 0 Å². The molecule has 142 valence electrons. The minimum absolute atomic E-state index is 0.0308. The average Bonchev–Trinajstić information content (AvgIpc) is 2.70. The van der Waals surface area contributed by atoms with E-state index in [0.717, 1.165) is 6.08 Å². The molecule has 0 radical (unpaired) electrons. The van der Waals surface area contributed by atoms with Gasteiger partial charge in [0, 0.05) is 11.6 Å². The Morgan fingerprint density at radius 3 is 1.89 bits per heavy atom. The van der Waals surface area contributed by atoms with E-state index < -0.39 is 11.9 Å². The van der Waals surface area contributed by atoms with Gasteiger partial charge in [-0.25, -0.2) is 9.59 Å². The number of hydrogen-bond donors (Lipinski definition) is 0. The summed E-state index contributed by atoms with van der Waals surface area (Å²) < 4.78 is 25.6. The molecule has 27 heavy (non-hydrogen) atoms. The van der Waals surface area contributed by atoms with Crippen LogP contribution in [0.1, 0.15) is 15.9 Å². The lowest BCUT2D eigenvalue weighted by Crippen LogP contribution is -2.13. The van der Waals surface area contributed by atoms with Gasteiger partial charge in [-0.05, 0) is 24.3 Å². The number of methoxy groups -OCH3 is 4. The molecule has 0 bridgehead atoms. The molecule has 0 N–H and O–H groups in total. The highest BCUT2D eigenvalue weighted by Gasteiger charge is 2.21. The molecule has 2 rings (SSSR count). The SMILES string of the molecule is COc1cccc(/C=C/C(=O)OC(=O)c2c(OC)cccc2OC)c1OC. The molecule has 0 saturated heterocycles. The molecule has 0 atom stereocenters. The summed E-state index contributed by atoms with van der Waals surface area (Å²) in [6.07, 6.45) is 2.59. The van der Waals surface area contributed by atoms with Gasteiger partial charge < -0.3 is 23.7 Å². The summed E-state index contributed by atoms with van der Waals surface area (Å²) in [6.45, 7) is 0. The largest absolute Gasteiger partial charge is 0.496 e. The van der Waals surface area contributed by atoms with Crippen molar-refractivity contribution in [3.8, 4) is 23.0 Å². The normalized spacial score (nSPS) is 10.4. The first kappa shape index (κ1) is 19.8. The van der Waals surface area contributed by atoms with E-state index in [-0.39, 0.29) is 17.1 Å². The van der Waals surface area contributed by atoms with Crippen molar-refractivity contribution in [2.75, 3.05) is 28.4 Å². The van der Waals surface area contributed by atoms with Gasteiger partial charge in [-0.1, -0.05) is 18.2 Å². The van der Waals surface area contributed by atoms with E-state index >= 15 is 0 Å². The number of esters is 2. The lowest BCUT2D eigenvalue weighted by atomic mass is 10.1. The van der Waals surface area contributed by atoms with Crippen LogP contribution in [0.5, 0.6) is 23.0 Å². The second-order valence-corrected chi connectivity index (χ2v) is 5.16. The molecule has 0 unspecified atom stereocenters. The van der Waals surface area contributed by atoms with Crippen molar-refractivity contribution in [3.63, 3.8) is 0 Å². The topological polar surface area (TPSA) is 80.3 Å². The van der Waals surface area contributed by atoms with Crippen molar-refractivity contribution in [1.29, 1.82) is 0 Å². The molecule has 2 aromatic carbocycles. The monoisotopic (exact) mass is 372 g/mol. The molecule has 0 aromatic heterocycles. The third kappa shape index (κ3) is 4.58. The second kappa shape index (κ2) is 9.28. The standard InChI is InChI=1S/C20H20O7/c1-23-14-8-6-9-15(24-2)18(14)20(22)27-17(21)12-11-13-7-5-10-16(25-3)19(13)26-4/h5-12H,1-4H3/b12-11+. The lowest BCUT2D eigenvalue weighted by Gasteiger charge is -2.11. The maximum atomic E-state index is 12.4. The van der Waals surface area contributed by atoms with Crippen LogP contribution < -0.4 is 18.9 Å². The summed E-state index contributed by atoms with van der Waals surface area (Å²) in [5, 5.41) is 0. The van der Waals surface area contributed by atoms with Crippen LogP contribution in [0.3, 0.4) is 0 Å². The van der Waals surface area contributed by atoms with E-state index in [4.69, 9.17) is 23.7 Å². The van der Waals surface area contributed by atoms with E-state index in [1.165, 1.54) is 34.5 Å². The van der Waals surface area contributed by atoms with Crippen molar-refractivity contribution in [2.45, 2.75) is 0 Å². The number of carbonyl (C=O) groups is 2. The zero-order valence-electron chi connectivity index (χ0n) is 15.5. The summed E-state index contributed by atoms with van der Waals surface area (Å²) >= 11 is 0. The first-order chi connectivity index (χ1) is 13.0. The van der Waals surface area contributed by atoms with Crippen molar-refractivity contribution in [1.82, 2.24) is 0 Å². The zero-order valence-corrected chi connectivity index (χ0v) is 15.5. The number of para-hydroxylation sites is 1. The number of hydrogen-bond acceptors (Lipinski definition) is 7. The Labute approximate surface area is 157 Å². The van der Waals surface area contributed by atoms with Crippen LogP contribution in [0.15, 0.2) is 42.5 Å². The second-order valence-electron chi connectivity index (χ2n) is 5.16. The molecule has 0 spiro atoms. The van der Waals surface area contributed by atoms with Crippen LogP contribution in [-0.2, 0) is 9.53 Å². The Morgan fingerprint density at radius 1 is 0.778 bits per heavy atom. The van der Waals surface area contributed by atoms with Gasteiger partial charge in [-0.3, -0.25) is 0 Å². The van der Waals surface area contributed by atoms with Gasteiger partial charge in [-0.2, -0.15) is 0 Å². The number of ether oxygens (including phenoxy) is 5. The zero-order chi connectivity index (χ0) is 19.8.